The van der Waals surface area contributed by atoms with Crippen LogP contribution in [0.3, 0.4) is 0 Å². The van der Waals surface area contributed by atoms with Crippen LogP contribution in [0.25, 0.3) is 0 Å². The quantitative estimate of drug-likeness (QED) is 0.304. The first-order chi connectivity index (χ1) is 15.2. The van der Waals surface area contributed by atoms with Gasteiger partial charge in [-0.25, -0.2) is 0 Å². The van der Waals surface area contributed by atoms with Crippen LogP contribution in [0, 0.1) is 0 Å². The predicted molar refractivity (Wildman–Crippen MR) is 134 cm³/mol. The van der Waals surface area contributed by atoms with E-state index in [0.29, 0.717) is 0 Å². The van der Waals surface area contributed by atoms with E-state index in [2.05, 4.69) is 88.4 Å². The maximum atomic E-state index is 13.0. The second-order valence-corrected chi connectivity index (χ2v) is 10.0. The molecule has 3 aromatic carbocycles. The molecule has 4 heteroatoms. The number of hydrogen-bond acceptors (Lipinski definition) is 3. The minimum absolute atomic E-state index is 0.104. The normalized spacial score (nSPS) is 13.6. The molecule has 0 heterocycles. The first kappa shape index (κ1) is 24.2. The molecule has 0 bridgehead atoms. The minimum Gasteiger partial charge on any atom is -0.460 e. The summed E-state index contributed by atoms with van der Waals surface area (Å²) in [7, 11) is 0. The number of hydrogen-bond donors (Lipinski definition) is 0. The predicted octanol–water partition coefficient (Wildman–Crippen LogP) is 7.49. The van der Waals surface area contributed by atoms with Crippen molar-refractivity contribution in [2.24, 2.45) is 0 Å². The molecule has 3 nitrogen and oxygen atoms in total. The van der Waals surface area contributed by atoms with Crippen molar-refractivity contribution in [1.29, 1.82) is 0 Å². The molecule has 0 saturated heterocycles. The molecule has 0 saturated carbocycles. The lowest BCUT2D eigenvalue weighted by Crippen LogP contribution is -2.34. The number of benzene rings is 3. The number of ether oxygens (including phenoxy) is 1. The molecule has 1 unspecified atom stereocenters. The molecule has 32 heavy (non-hydrogen) atoms. The summed E-state index contributed by atoms with van der Waals surface area (Å²) in [4.78, 5) is 15.4. The summed E-state index contributed by atoms with van der Waals surface area (Å²) in [6, 6.07) is 29.1. The minimum atomic E-state index is -0.517. The SMILES string of the molecule is C[C@H](c1ccccc1)N(Cc1ccccc1)C(CC(=O)OC(C)(C)C)c1ccc(Br)cc1. The molecule has 0 amide bonds. The molecular weight excluding hydrogens is 462 g/mol. The van der Waals surface area contributed by atoms with Gasteiger partial charge in [-0.3, -0.25) is 9.69 Å². The molecular formula is C28H32BrNO2. The molecule has 0 aromatic heterocycles. The van der Waals surface area contributed by atoms with E-state index in [4.69, 9.17) is 4.74 Å². The molecule has 0 aliphatic heterocycles. The summed E-state index contributed by atoms with van der Waals surface area (Å²) in [5.41, 5.74) is 3.01. The number of esters is 1. The zero-order chi connectivity index (χ0) is 23.1. The largest absolute Gasteiger partial charge is 0.460 e. The Kier molecular flexibility index (Phi) is 8.27. The van der Waals surface area contributed by atoms with Crippen LogP contribution in [0.4, 0.5) is 0 Å². The van der Waals surface area contributed by atoms with Crippen molar-refractivity contribution in [3.8, 4) is 0 Å². The monoisotopic (exact) mass is 493 g/mol. The summed E-state index contributed by atoms with van der Waals surface area (Å²) in [5.74, 6) is -0.191. The third-order valence-electron chi connectivity index (χ3n) is 5.42. The lowest BCUT2D eigenvalue weighted by molar-refractivity contribution is -0.156. The molecule has 0 spiro atoms. The second-order valence-electron chi connectivity index (χ2n) is 9.10. The highest BCUT2D eigenvalue weighted by molar-refractivity contribution is 9.10. The Morgan fingerprint density at radius 2 is 1.44 bits per heavy atom. The lowest BCUT2D eigenvalue weighted by atomic mass is 9.96. The van der Waals surface area contributed by atoms with E-state index < -0.39 is 5.60 Å². The van der Waals surface area contributed by atoms with E-state index >= 15 is 0 Å². The van der Waals surface area contributed by atoms with Gasteiger partial charge in [-0.2, -0.15) is 0 Å². The zero-order valence-corrected chi connectivity index (χ0v) is 20.9. The van der Waals surface area contributed by atoms with Gasteiger partial charge in [-0.05, 0) is 56.5 Å². The molecule has 0 aliphatic rings. The highest BCUT2D eigenvalue weighted by Crippen LogP contribution is 2.35. The summed E-state index contributed by atoms with van der Waals surface area (Å²) in [6.07, 6.45) is 0.281. The average Bonchev–Trinajstić information content (AvgIpc) is 2.76. The molecule has 0 fully saturated rings. The van der Waals surface area contributed by atoms with Crippen LogP contribution in [-0.4, -0.2) is 16.5 Å². The molecule has 2 atom stereocenters. The van der Waals surface area contributed by atoms with Gasteiger partial charge in [0.15, 0.2) is 0 Å². The van der Waals surface area contributed by atoms with E-state index in [9.17, 15) is 4.79 Å². The highest BCUT2D eigenvalue weighted by Gasteiger charge is 2.30. The van der Waals surface area contributed by atoms with Crippen molar-refractivity contribution in [1.82, 2.24) is 4.90 Å². The maximum absolute atomic E-state index is 13.0. The van der Waals surface area contributed by atoms with Gasteiger partial charge in [-0.1, -0.05) is 88.7 Å². The third-order valence-corrected chi connectivity index (χ3v) is 5.95. The topological polar surface area (TPSA) is 29.5 Å². The second kappa shape index (κ2) is 10.9. The zero-order valence-electron chi connectivity index (χ0n) is 19.3. The van der Waals surface area contributed by atoms with Gasteiger partial charge in [-0.15, -0.1) is 0 Å². The number of nitrogens with zero attached hydrogens (tertiary/aromatic N) is 1. The first-order valence-corrected chi connectivity index (χ1v) is 11.8. The fraction of sp³-hybridized carbons (Fsp3) is 0.321. The van der Waals surface area contributed by atoms with E-state index in [1.165, 1.54) is 11.1 Å². The van der Waals surface area contributed by atoms with Crippen molar-refractivity contribution < 1.29 is 9.53 Å². The molecule has 0 aliphatic carbocycles. The Bertz CT molecular complexity index is 981. The number of halogens is 1. The first-order valence-electron chi connectivity index (χ1n) is 11.0. The van der Waals surface area contributed by atoms with Crippen LogP contribution in [-0.2, 0) is 16.1 Å². The molecule has 3 rings (SSSR count). The van der Waals surface area contributed by atoms with Crippen LogP contribution in [0.5, 0.6) is 0 Å². The van der Waals surface area contributed by atoms with Gasteiger partial charge in [0.25, 0.3) is 0 Å². The van der Waals surface area contributed by atoms with Crippen molar-refractivity contribution in [3.05, 3.63) is 106 Å². The number of rotatable bonds is 8. The fourth-order valence-corrected chi connectivity index (χ4v) is 4.15. The fourth-order valence-electron chi connectivity index (χ4n) is 3.89. The van der Waals surface area contributed by atoms with Gasteiger partial charge >= 0.3 is 5.97 Å². The number of carbonyl (C=O) groups excluding carboxylic acids is 1. The Labute approximate surface area is 200 Å². The Morgan fingerprint density at radius 3 is 2.00 bits per heavy atom. The smallest absolute Gasteiger partial charge is 0.308 e. The molecule has 0 radical (unpaired) electrons. The summed E-state index contributed by atoms with van der Waals surface area (Å²) in [5, 5.41) is 0. The van der Waals surface area contributed by atoms with Gasteiger partial charge in [0.1, 0.15) is 5.60 Å². The Morgan fingerprint density at radius 1 is 0.875 bits per heavy atom. The van der Waals surface area contributed by atoms with Crippen molar-refractivity contribution in [3.63, 3.8) is 0 Å². The highest BCUT2D eigenvalue weighted by atomic mass is 79.9. The lowest BCUT2D eigenvalue weighted by Gasteiger charge is -2.37. The van der Waals surface area contributed by atoms with Crippen LogP contribution >= 0.6 is 15.9 Å². The summed E-state index contributed by atoms with van der Waals surface area (Å²) < 4.78 is 6.74. The number of carbonyl (C=O) groups is 1. The molecule has 0 N–H and O–H groups in total. The van der Waals surface area contributed by atoms with E-state index in [1.807, 2.05) is 45.0 Å². The maximum Gasteiger partial charge on any atom is 0.308 e. The summed E-state index contributed by atoms with van der Waals surface area (Å²) in [6.45, 7) is 8.66. The van der Waals surface area contributed by atoms with E-state index in [1.54, 1.807) is 0 Å². The van der Waals surface area contributed by atoms with Crippen molar-refractivity contribution in [2.45, 2.75) is 58.3 Å². The molecule has 168 valence electrons. The Hall–Kier alpha value is -2.43. The van der Waals surface area contributed by atoms with Crippen LogP contribution in [0.15, 0.2) is 89.4 Å². The van der Waals surface area contributed by atoms with Crippen LogP contribution in [0.2, 0.25) is 0 Å². The molecule has 3 aromatic rings. The van der Waals surface area contributed by atoms with Crippen LogP contribution in [0.1, 0.15) is 62.9 Å². The van der Waals surface area contributed by atoms with Crippen molar-refractivity contribution in [2.75, 3.05) is 0 Å². The summed E-state index contributed by atoms with van der Waals surface area (Å²) >= 11 is 3.54. The average molecular weight is 494 g/mol. The van der Waals surface area contributed by atoms with Crippen LogP contribution < -0.4 is 0 Å². The Balaban J connectivity index is 2.02. The van der Waals surface area contributed by atoms with Gasteiger partial charge in [0.05, 0.1) is 6.42 Å². The van der Waals surface area contributed by atoms with Gasteiger partial charge in [0.2, 0.25) is 0 Å². The van der Waals surface area contributed by atoms with Gasteiger partial charge in [0, 0.05) is 23.1 Å². The van der Waals surface area contributed by atoms with Crippen molar-refractivity contribution >= 4 is 21.9 Å². The van der Waals surface area contributed by atoms with E-state index in [0.717, 1.165) is 16.6 Å². The van der Waals surface area contributed by atoms with Gasteiger partial charge < -0.3 is 4.74 Å². The van der Waals surface area contributed by atoms with E-state index in [-0.39, 0.29) is 24.5 Å². The standard InChI is InChI=1S/C28H32BrNO2/c1-21(23-13-9-6-10-14-23)30(20-22-11-7-5-8-12-22)26(19-27(31)32-28(2,3)4)24-15-17-25(29)18-16-24/h5-18,21,26H,19-20H2,1-4H3/t21-,26?/m1/s1. The third kappa shape index (κ3) is 7.04.